The molecule has 0 saturated carbocycles. The second-order valence-corrected chi connectivity index (χ2v) is 4.82. The van der Waals surface area contributed by atoms with Crippen molar-refractivity contribution in [3.05, 3.63) is 52.8 Å². The van der Waals surface area contributed by atoms with Crippen LogP contribution < -0.4 is 4.74 Å². The first-order valence-electron chi connectivity index (χ1n) is 7.05. The molecule has 0 heterocycles. The number of ether oxygens (including phenoxy) is 2. The molecule has 0 aliphatic heterocycles. The van der Waals surface area contributed by atoms with E-state index < -0.39 is 11.7 Å². The van der Waals surface area contributed by atoms with Crippen LogP contribution >= 0.6 is 0 Å². The number of allylic oxidation sites excluding steroid dienone is 3. The maximum Gasteiger partial charge on any atom is 0.373 e. The van der Waals surface area contributed by atoms with Crippen LogP contribution in [0.4, 0.5) is 0 Å². The summed E-state index contributed by atoms with van der Waals surface area (Å²) in [6, 6.07) is 5.33. The van der Waals surface area contributed by atoms with Gasteiger partial charge in [0.2, 0.25) is 5.76 Å². The number of aliphatic hydroxyl groups excluding tert-OH is 1. The average molecular weight is 302 g/mol. The lowest BCUT2D eigenvalue weighted by Crippen LogP contribution is -2.14. The molecule has 0 radical (unpaired) electrons. The van der Waals surface area contributed by atoms with E-state index >= 15 is 0 Å². The van der Waals surface area contributed by atoms with Crippen molar-refractivity contribution in [1.29, 1.82) is 0 Å². The molecule has 0 aromatic heterocycles. The number of aryl methyl sites for hydroxylation is 1. The monoisotopic (exact) mass is 302 g/mol. The molecule has 1 aliphatic carbocycles. The van der Waals surface area contributed by atoms with E-state index in [4.69, 9.17) is 4.74 Å². The number of esters is 1. The minimum absolute atomic E-state index is 0.100. The van der Waals surface area contributed by atoms with E-state index in [2.05, 4.69) is 4.74 Å². The summed E-state index contributed by atoms with van der Waals surface area (Å²) < 4.78 is 9.82. The molecule has 1 aromatic carbocycles. The summed E-state index contributed by atoms with van der Waals surface area (Å²) in [7, 11) is 1.58. The Kier molecular flexibility index (Phi) is 4.99. The minimum atomic E-state index is -0.798. The molecule has 5 nitrogen and oxygen atoms in total. The van der Waals surface area contributed by atoms with Gasteiger partial charge in [0.1, 0.15) is 5.75 Å². The van der Waals surface area contributed by atoms with Gasteiger partial charge in [-0.2, -0.15) is 0 Å². The lowest BCUT2D eigenvalue weighted by Gasteiger charge is -2.17. The predicted octanol–water partition coefficient (Wildman–Crippen LogP) is 2.76. The van der Waals surface area contributed by atoms with Crippen LogP contribution in [0.2, 0.25) is 0 Å². The topological polar surface area (TPSA) is 72.8 Å². The molecule has 1 aromatic rings. The van der Waals surface area contributed by atoms with Crippen LogP contribution in [-0.2, 0) is 16.0 Å². The van der Waals surface area contributed by atoms with E-state index in [-0.39, 0.29) is 12.4 Å². The van der Waals surface area contributed by atoms with Crippen LogP contribution in [0, 0.1) is 0 Å². The van der Waals surface area contributed by atoms with Crippen LogP contribution in [0.3, 0.4) is 0 Å². The third kappa shape index (κ3) is 3.36. The van der Waals surface area contributed by atoms with Crippen molar-refractivity contribution in [2.75, 3.05) is 13.7 Å². The molecular formula is C17H18O5. The Hall–Kier alpha value is -2.56. The summed E-state index contributed by atoms with van der Waals surface area (Å²) in [6.45, 7) is 1.83. The second-order valence-electron chi connectivity index (χ2n) is 4.82. The highest BCUT2D eigenvalue weighted by molar-refractivity contribution is 6.11. The first kappa shape index (κ1) is 15.8. The number of benzene rings is 1. The normalized spacial score (nSPS) is 16.4. The zero-order valence-electron chi connectivity index (χ0n) is 12.6. The fourth-order valence-electron chi connectivity index (χ4n) is 2.29. The van der Waals surface area contributed by atoms with Crippen molar-refractivity contribution in [3.63, 3.8) is 0 Å². The van der Waals surface area contributed by atoms with Crippen molar-refractivity contribution >= 4 is 11.8 Å². The Balaban J connectivity index is 2.21. The molecule has 0 saturated heterocycles. The van der Waals surface area contributed by atoms with Crippen molar-refractivity contribution in [3.8, 4) is 5.75 Å². The van der Waals surface area contributed by atoms with E-state index in [1.807, 2.05) is 6.07 Å². The second kappa shape index (κ2) is 6.93. The molecule has 1 N–H and O–H groups in total. The molecule has 0 amide bonds. The molecule has 0 bridgehead atoms. The van der Waals surface area contributed by atoms with Gasteiger partial charge in [0.15, 0.2) is 5.78 Å². The molecule has 0 atom stereocenters. The number of carbonyl (C=O) groups is 2. The highest BCUT2D eigenvalue weighted by Gasteiger charge is 2.22. The molecule has 1 aliphatic rings. The number of ketones is 1. The Morgan fingerprint density at radius 1 is 1.36 bits per heavy atom. The molecule has 5 heteroatoms. The summed E-state index contributed by atoms with van der Waals surface area (Å²) in [5.74, 6) is -0.689. The van der Waals surface area contributed by atoms with Gasteiger partial charge in [-0.15, -0.1) is 0 Å². The number of fused-ring (bicyclic) bond motifs is 1. The Labute approximate surface area is 128 Å². The number of rotatable bonds is 4. The van der Waals surface area contributed by atoms with Crippen molar-refractivity contribution in [2.45, 2.75) is 19.8 Å². The van der Waals surface area contributed by atoms with Gasteiger partial charge in [-0.25, -0.2) is 4.79 Å². The van der Waals surface area contributed by atoms with Crippen LogP contribution in [0.15, 0.2) is 41.7 Å². The van der Waals surface area contributed by atoms with Crippen molar-refractivity contribution < 1.29 is 24.2 Å². The minimum Gasteiger partial charge on any atom is -0.502 e. The molecular weight excluding hydrogens is 284 g/mol. The van der Waals surface area contributed by atoms with Crippen molar-refractivity contribution in [2.24, 2.45) is 0 Å². The molecule has 0 fully saturated rings. The zero-order valence-corrected chi connectivity index (χ0v) is 12.6. The van der Waals surface area contributed by atoms with Crippen molar-refractivity contribution in [1.82, 2.24) is 0 Å². The molecule has 2 rings (SSSR count). The largest absolute Gasteiger partial charge is 0.502 e. The van der Waals surface area contributed by atoms with Crippen LogP contribution in [-0.4, -0.2) is 30.6 Å². The molecule has 0 spiro atoms. The van der Waals surface area contributed by atoms with Gasteiger partial charge in [-0.3, -0.25) is 4.79 Å². The lowest BCUT2D eigenvalue weighted by atomic mass is 9.86. The SMILES string of the molecule is CCOC(=O)/C(O)=C/C=C1\CCc2cc(OC)ccc2C1=O. The van der Waals surface area contributed by atoms with E-state index in [1.165, 1.54) is 12.2 Å². The zero-order chi connectivity index (χ0) is 16.1. The van der Waals surface area contributed by atoms with Crippen LogP contribution in [0.25, 0.3) is 0 Å². The third-order valence-electron chi connectivity index (χ3n) is 3.44. The Morgan fingerprint density at radius 2 is 2.14 bits per heavy atom. The number of Topliss-reactive ketones (excluding diaryl/α,β-unsaturated/α-hetero) is 1. The highest BCUT2D eigenvalue weighted by Crippen LogP contribution is 2.28. The number of hydrogen-bond acceptors (Lipinski definition) is 5. The fraction of sp³-hybridized carbons (Fsp3) is 0.294. The number of carbonyl (C=O) groups excluding carboxylic acids is 2. The van der Waals surface area contributed by atoms with Gasteiger partial charge in [-0.1, -0.05) is 6.08 Å². The predicted molar refractivity (Wildman–Crippen MR) is 81.1 cm³/mol. The van der Waals surface area contributed by atoms with E-state index in [9.17, 15) is 14.7 Å². The first-order valence-corrected chi connectivity index (χ1v) is 7.05. The average Bonchev–Trinajstić information content (AvgIpc) is 2.53. The van der Waals surface area contributed by atoms with Gasteiger partial charge in [-0.05, 0) is 49.6 Å². The van der Waals surface area contributed by atoms with E-state index in [0.29, 0.717) is 24.0 Å². The Bertz CT molecular complexity index is 655. The van der Waals surface area contributed by atoms with E-state index in [0.717, 1.165) is 11.3 Å². The maximum absolute atomic E-state index is 12.4. The fourth-order valence-corrected chi connectivity index (χ4v) is 2.29. The number of aliphatic hydroxyl groups is 1. The Morgan fingerprint density at radius 3 is 2.82 bits per heavy atom. The quantitative estimate of drug-likeness (QED) is 0.526. The summed E-state index contributed by atoms with van der Waals surface area (Å²) >= 11 is 0. The molecule has 22 heavy (non-hydrogen) atoms. The summed E-state index contributed by atoms with van der Waals surface area (Å²) in [4.78, 5) is 23.7. The smallest absolute Gasteiger partial charge is 0.373 e. The van der Waals surface area contributed by atoms with Crippen LogP contribution in [0.1, 0.15) is 29.3 Å². The molecule has 116 valence electrons. The number of hydrogen-bond donors (Lipinski definition) is 1. The molecule has 0 unspecified atom stereocenters. The third-order valence-corrected chi connectivity index (χ3v) is 3.44. The van der Waals surface area contributed by atoms with Gasteiger partial charge >= 0.3 is 5.97 Å². The van der Waals surface area contributed by atoms with E-state index in [1.54, 1.807) is 26.2 Å². The van der Waals surface area contributed by atoms with Gasteiger partial charge in [0.25, 0.3) is 0 Å². The van der Waals surface area contributed by atoms with Crippen LogP contribution in [0.5, 0.6) is 5.75 Å². The standard InChI is InChI=1S/C17H18O5/c1-3-22-17(20)15(18)9-6-11-4-5-12-10-13(21-2)7-8-14(12)16(11)19/h6-10,18H,3-5H2,1-2H3/b11-6+,15-9-. The lowest BCUT2D eigenvalue weighted by molar-refractivity contribution is -0.141. The summed E-state index contributed by atoms with van der Waals surface area (Å²) in [6.07, 6.45) is 3.94. The van der Waals surface area contributed by atoms with Gasteiger partial charge < -0.3 is 14.6 Å². The first-order chi connectivity index (χ1) is 10.6. The summed E-state index contributed by atoms with van der Waals surface area (Å²) in [5, 5.41) is 9.54. The summed E-state index contributed by atoms with van der Waals surface area (Å²) in [5.41, 5.74) is 2.12. The van der Waals surface area contributed by atoms with Gasteiger partial charge in [0, 0.05) is 11.1 Å². The highest BCUT2D eigenvalue weighted by atomic mass is 16.5. The maximum atomic E-state index is 12.4. The number of methoxy groups -OCH3 is 1. The van der Waals surface area contributed by atoms with Gasteiger partial charge in [0.05, 0.1) is 13.7 Å².